The first-order chi connectivity index (χ1) is 11.1. The largest absolute Gasteiger partial charge is 0.347 e. The topological polar surface area (TPSA) is 95.4 Å². The summed E-state index contributed by atoms with van der Waals surface area (Å²) in [4.78, 5) is 33.6. The van der Waals surface area contributed by atoms with E-state index in [9.17, 15) is 14.9 Å². The van der Waals surface area contributed by atoms with E-state index in [1.807, 2.05) is 4.90 Å². The first kappa shape index (κ1) is 13.8. The zero-order chi connectivity index (χ0) is 16.1. The van der Waals surface area contributed by atoms with E-state index in [0.717, 1.165) is 11.4 Å². The second-order valence-corrected chi connectivity index (χ2v) is 5.77. The lowest BCUT2D eigenvalue weighted by atomic mass is 10.0. The van der Waals surface area contributed by atoms with Gasteiger partial charge in [0.2, 0.25) is 0 Å². The molecule has 0 spiro atoms. The molecular weight excluding hydrogens is 318 g/mol. The summed E-state index contributed by atoms with van der Waals surface area (Å²) in [5.74, 6) is -0.127. The summed E-state index contributed by atoms with van der Waals surface area (Å²) in [6.07, 6.45) is 2.12. The number of fused-ring (bicyclic) bond motifs is 2. The van der Waals surface area contributed by atoms with Gasteiger partial charge in [0, 0.05) is 18.6 Å². The van der Waals surface area contributed by atoms with Gasteiger partial charge in [-0.3, -0.25) is 19.8 Å². The van der Waals surface area contributed by atoms with E-state index in [0.29, 0.717) is 23.8 Å². The normalized spacial score (nSPS) is 19.7. The number of H-pyrrole nitrogens is 1. The number of amides is 1. The van der Waals surface area contributed by atoms with Crippen LogP contribution < -0.4 is 4.90 Å². The van der Waals surface area contributed by atoms with Crippen molar-refractivity contribution in [1.82, 2.24) is 14.9 Å². The average molecular weight is 329 g/mol. The molecule has 1 aromatic carbocycles. The van der Waals surface area contributed by atoms with Crippen LogP contribution in [0.25, 0.3) is 0 Å². The molecule has 0 radical (unpaired) electrons. The summed E-state index contributed by atoms with van der Waals surface area (Å²) in [6, 6.07) is 5.45. The van der Waals surface area contributed by atoms with Crippen LogP contribution in [0.1, 0.15) is 11.4 Å². The van der Waals surface area contributed by atoms with Crippen LogP contribution in [0, 0.1) is 10.1 Å². The fraction of sp³-hybridized carbons (Fsp3) is 0.214. The van der Waals surface area contributed by atoms with E-state index >= 15 is 0 Å². The molecule has 0 aliphatic carbocycles. The Balaban J connectivity index is 1.67. The molecule has 4 rings (SSSR count). The number of hydrogen-bond acceptors (Lipinski definition) is 5. The number of imidazole rings is 1. The minimum Gasteiger partial charge on any atom is -0.347 e. The van der Waals surface area contributed by atoms with E-state index in [-0.39, 0.29) is 17.6 Å². The number of aromatic nitrogens is 2. The second kappa shape index (κ2) is 4.85. The number of thiocarbonyl (C=S) groups is 1. The smallest absolute Gasteiger partial charge is 0.269 e. The monoisotopic (exact) mass is 329 g/mol. The van der Waals surface area contributed by atoms with Gasteiger partial charge < -0.3 is 9.88 Å². The van der Waals surface area contributed by atoms with Gasteiger partial charge in [0.25, 0.3) is 11.6 Å². The predicted molar refractivity (Wildman–Crippen MR) is 84.8 cm³/mol. The highest BCUT2D eigenvalue weighted by Crippen LogP contribution is 2.32. The van der Waals surface area contributed by atoms with Crippen LogP contribution >= 0.6 is 12.2 Å². The van der Waals surface area contributed by atoms with Gasteiger partial charge >= 0.3 is 0 Å². The predicted octanol–water partition coefficient (Wildman–Crippen LogP) is 1.38. The minimum absolute atomic E-state index is 0.0248. The van der Waals surface area contributed by atoms with E-state index < -0.39 is 4.92 Å². The Morgan fingerprint density at radius 2 is 2.09 bits per heavy atom. The lowest BCUT2D eigenvalue weighted by molar-refractivity contribution is -0.384. The number of aromatic amines is 1. The Morgan fingerprint density at radius 3 is 2.78 bits per heavy atom. The van der Waals surface area contributed by atoms with Gasteiger partial charge in [0.05, 0.1) is 34.9 Å². The molecule has 1 N–H and O–H groups in total. The molecule has 1 unspecified atom stereocenters. The van der Waals surface area contributed by atoms with Gasteiger partial charge in [-0.2, -0.15) is 0 Å². The zero-order valence-corrected chi connectivity index (χ0v) is 12.6. The number of nitrogens with zero attached hydrogens (tertiary/aromatic N) is 4. The fourth-order valence-corrected chi connectivity index (χ4v) is 3.38. The zero-order valence-electron chi connectivity index (χ0n) is 11.8. The maximum atomic E-state index is 12.7. The first-order valence-corrected chi connectivity index (χ1v) is 7.37. The Hall–Kier alpha value is -2.81. The van der Waals surface area contributed by atoms with Crippen molar-refractivity contribution >= 4 is 34.6 Å². The van der Waals surface area contributed by atoms with Crippen molar-refractivity contribution in [2.75, 3.05) is 4.90 Å². The number of nitrogens with one attached hydrogen (secondary N) is 1. The maximum Gasteiger partial charge on any atom is 0.269 e. The molecule has 23 heavy (non-hydrogen) atoms. The highest BCUT2D eigenvalue weighted by Gasteiger charge is 2.46. The Labute approximate surface area is 135 Å². The number of nitro groups is 1. The van der Waals surface area contributed by atoms with Crippen molar-refractivity contribution in [1.29, 1.82) is 0 Å². The number of rotatable bonds is 2. The third kappa shape index (κ3) is 2.00. The molecule has 2 aliphatic rings. The Bertz CT molecular complexity index is 793. The second-order valence-electron chi connectivity index (χ2n) is 5.41. The van der Waals surface area contributed by atoms with Crippen LogP contribution in [0.2, 0.25) is 0 Å². The molecule has 3 heterocycles. The summed E-state index contributed by atoms with van der Waals surface area (Å²) >= 11 is 5.45. The van der Waals surface area contributed by atoms with Crippen LogP contribution in [0.5, 0.6) is 0 Å². The lowest BCUT2D eigenvalue weighted by Gasteiger charge is -2.27. The number of anilines is 1. The van der Waals surface area contributed by atoms with E-state index in [4.69, 9.17) is 12.2 Å². The molecule has 0 bridgehead atoms. The van der Waals surface area contributed by atoms with E-state index in [1.54, 1.807) is 6.33 Å². The van der Waals surface area contributed by atoms with Crippen molar-refractivity contribution in [2.24, 2.45) is 0 Å². The molecule has 1 amide bonds. The van der Waals surface area contributed by atoms with Crippen molar-refractivity contribution in [3.05, 3.63) is 52.1 Å². The number of nitro benzene ring substituents is 1. The molecule has 2 aliphatic heterocycles. The van der Waals surface area contributed by atoms with Crippen LogP contribution in [0.15, 0.2) is 30.6 Å². The number of benzene rings is 1. The molecule has 9 heteroatoms. The lowest BCUT2D eigenvalue weighted by Crippen LogP contribution is -2.40. The highest BCUT2D eigenvalue weighted by atomic mass is 32.1. The number of carbonyl (C=O) groups excluding carboxylic acids is 1. The summed E-state index contributed by atoms with van der Waals surface area (Å²) in [5.41, 5.74) is 2.36. The van der Waals surface area contributed by atoms with Gasteiger partial charge in [0.15, 0.2) is 5.11 Å². The highest BCUT2D eigenvalue weighted by molar-refractivity contribution is 7.80. The number of carbonyl (C=O) groups is 1. The maximum absolute atomic E-state index is 12.7. The van der Waals surface area contributed by atoms with Crippen LogP contribution in [0.4, 0.5) is 11.4 Å². The number of non-ortho nitro benzene ring substituents is 1. The SMILES string of the molecule is O=C1C2Cc3nc[nH]c3CN2C(=S)N1c1ccc([N+](=O)[O-])cc1. The van der Waals surface area contributed by atoms with Gasteiger partial charge in [-0.15, -0.1) is 0 Å². The van der Waals surface area contributed by atoms with Gasteiger partial charge in [-0.05, 0) is 24.4 Å². The number of hydrogen-bond donors (Lipinski definition) is 1. The van der Waals surface area contributed by atoms with Crippen molar-refractivity contribution in [2.45, 2.75) is 19.0 Å². The van der Waals surface area contributed by atoms with Crippen LogP contribution in [-0.4, -0.2) is 36.9 Å². The Kier molecular flexibility index (Phi) is 2.91. The first-order valence-electron chi connectivity index (χ1n) is 6.96. The molecule has 2 aromatic rings. The van der Waals surface area contributed by atoms with E-state index in [1.165, 1.54) is 29.2 Å². The van der Waals surface area contributed by atoms with Crippen molar-refractivity contribution in [3.63, 3.8) is 0 Å². The van der Waals surface area contributed by atoms with Crippen LogP contribution in [-0.2, 0) is 17.8 Å². The molecule has 1 atom stereocenters. The van der Waals surface area contributed by atoms with Gasteiger partial charge in [-0.25, -0.2) is 4.98 Å². The molecule has 1 aromatic heterocycles. The Morgan fingerprint density at radius 1 is 1.35 bits per heavy atom. The van der Waals surface area contributed by atoms with Crippen LogP contribution in [0.3, 0.4) is 0 Å². The summed E-state index contributed by atoms with van der Waals surface area (Å²) in [6.45, 7) is 0.508. The van der Waals surface area contributed by atoms with Crippen molar-refractivity contribution < 1.29 is 9.72 Å². The molecule has 1 fully saturated rings. The van der Waals surface area contributed by atoms with E-state index in [2.05, 4.69) is 9.97 Å². The molecule has 1 saturated heterocycles. The summed E-state index contributed by atoms with van der Waals surface area (Å²) in [7, 11) is 0. The average Bonchev–Trinajstić information content (AvgIpc) is 3.09. The standard InChI is InChI=1S/C14H11N5O3S/c20-13-12-5-10-11(16-7-15-10)6-17(12)14(23)18(13)8-1-3-9(4-2-8)19(21)22/h1-4,7,12H,5-6H2,(H,15,16). The molecular formula is C14H11N5O3S. The van der Waals surface area contributed by atoms with Gasteiger partial charge in [-0.1, -0.05) is 0 Å². The third-order valence-electron chi connectivity index (χ3n) is 4.16. The molecule has 116 valence electrons. The minimum atomic E-state index is -0.477. The van der Waals surface area contributed by atoms with Crippen molar-refractivity contribution in [3.8, 4) is 0 Å². The summed E-state index contributed by atoms with van der Waals surface area (Å²) < 4.78 is 0. The quantitative estimate of drug-likeness (QED) is 0.508. The summed E-state index contributed by atoms with van der Waals surface area (Å²) in [5, 5.41) is 11.2. The third-order valence-corrected chi connectivity index (χ3v) is 4.58. The fourth-order valence-electron chi connectivity index (χ4n) is 2.99. The van der Waals surface area contributed by atoms with Gasteiger partial charge in [0.1, 0.15) is 6.04 Å². The molecule has 0 saturated carbocycles. The molecule has 8 nitrogen and oxygen atoms in total.